The Morgan fingerprint density at radius 3 is 2.85 bits per heavy atom. The van der Waals surface area contributed by atoms with Crippen LogP contribution in [0.1, 0.15) is 18.5 Å². The van der Waals surface area contributed by atoms with Crippen molar-refractivity contribution in [3.63, 3.8) is 0 Å². The Hall–Kier alpha value is -2.73. The number of fused-ring (bicyclic) bond motifs is 1. The number of carbonyl (C=O) groups is 1. The van der Waals surface area contributed by atoms with Crippen LogP contribution in [0.3, 0.4) is 0 Å². The van der Waals surface area contributed by atoms with Gasteiger partial charge in [-0.15, -0.1) is 0 Å². The standard InChI is InChI=1S/C21H25N5O/c1-24(2)20(27)21(26-13-11-22-16-26)10-5-12-25(15-21)14-18-9-8-17-6-3-4-7-19(17)23-18/h3-4,6-9,11,13,16H,5,10,12,14-15H2,1-2H3. The zero-order chi connectivity index (χ0) is 18.9. The lowest BCUT2D eigenvalue weighted by Crippen LogP contribution is -2.57. The summed E-state index contributed by atoms with van der Waals surface area (Å²) in [7, 11) is 3.65. The van der Waals surface area contributed by atoms with Gasteiger partial charge in [0.2, 0.25) is 5.91 Å². The monoisotopic (exact) mass is 363 g/mol. The molecule has 6 nitrogen and oxygen atoms in total. The van der Waals surface area contributed by atoms with Crippen LogP contribution in [0, 0.1) is 0 Å². The Morgan fingerprint density at radius 2 is 2.07 bits per heavy atom. The highest BCUT2D eigenvalue weighted by Crippen LogP contribution is 2.31. The van der Waals surface area contributed by atoms with Crippen LogP contribution in [0.4, 0.5) is 0 Å². The minimum absolute atomic E-state index is 0.122. The van der Waals surface area contributed by atoms with E-state index in [1.54, 1.807) is 17.4 Å². The number of nitrogens with zero attached hydrogens (tertiary/aromatic N) is 5. The molecule has 3 heterocycles. The van der Waals surface area contributed by atoms with Crippen molar-refractivity contribution < 1.29 is 4.79 Å². The number of piperidine rings is 1. The highest BCUT2D eigenvalue weighted by Gasteiger charge is 2.44. The lowest BCUT2D eigenvalue weighted by molar-refractivity contribution is -0.141. The predicted octanol–water partition coefficient (Wildman–Crippen LogP) is 2.51. The van der Waals surface area contributed by atoms with E-state index in [0.717, 1.165) is 42.5 Å². The van der Waals surface area contributed by atoms with Gasteiger partial charge in [-0.25, -0.2) is 4.98 Å². The summed E-state index contributed by atoms with van der Waals surface area (Å²) in [5, 5.41) is 1.15. The first kappa shape index (κ1) is 17.7. The van der Waals surface area contributed by atoms with Gasteiger partial charge in [-0.05, 0) is 31.5 Å². The number of likely N-dealkylation sites (N-methyl/N-ethyl adjacent to an activating group) is 1. The van der Waals surface area contributed by atoms with Gasteiger partial charge < -0.3 is 9.47 Å². The minimum atomic E-state index is -0.602. The van der Waals surface area contributed by atoms with E-state index in [1.165, 1.54) is 0 Å². The molecule has 0 aliphatic carbocycles. The molecule has 1 aliphatic rings. The van der Waals surface area contributed by atoms with Crippen molar-refractivity contribution in [3.05, 3.63) is 60.8 Å². The minimum Gasteiger partial charge on any atom is -0.347 e. The number of para-hydroxylation sites is 1. The average Bonchev–Trinajstić information content (AvgIpc) is 3.23. The number of rotatable bonds is 4. The molecule has 0 radical (unpaired) electrons. The first-order chi connectivity index (χ1) is 13.1. The van der Waals surface area contributed by atoms with E-state index in [9.17, 15) is 4.79 Å². The van der Waals surface area contributed by atoms with E-state index in [0.29, 0.717) is 6.54 Å². The highest BCUT2D eigenvalue weighted by atomic mass is 16.2. The first-order valence-corrected chi connectivity index (χ1v) is 9.36. The average molecular weight is 363 g/mol. The summed E-state index contributed by atoms with van der Waals surface area (Å²) in [6.45, 7) is 2.36. The molecule has 0 N–H and O–H groups in total. The van der Waals surface area contributed by atoms with Gasteiger partial charge in [0.05, 0.1) is 17.5 Å². The number of imidazole rings is 1. The van der Waals surface area contributed by atoms with E-state index in [4.69, 9.17) is 4.98 Å². The van der Waals surface area contributed by atoms with Gasteiger partial charge in [0.15, 0.2) is 0 Å². The summed E-state index contributed by atoms with van der Waals surface area (Å²) in [4.78, 5) is 26.1. The molecular formula is C21H25N5O. The maximum Gasteiger partial charge on any atom is 0.249 e. The van der Waals surface area contributed by atoms with Crippen LogP contribution >= 0.6 is 0 Å². The molecule has 1 amide bonds. The van der Waals surface area contributed by atoms with E-state index in [1.807, 2.05) is 43.1 Å². The van der Waals surface area contributed by atoms with Gasteiger partial charge >= 0.3 is 0 Å². The maximum atomic E-state index is 13.1. The van der Waals surface area contributed by atoms with Gasteiger partial charge in [-0.3, -0.25) is 14.7 Å². The van der Waals surface area contributed by atoms with Crippen LogP contribution in [0.5, 0.6) is 0 Å². The van der Waals surface area contributed by atoms with Crippen LogP contribution in [0.2, 0.25) is 0 Å². The molecule has 2 aromatic heterocycles. The molecular weight excluding hydrogens is 338 g/mol. The van der Waals surface area contributed by atoms with Gasteiger partial charge in [-0.1, -0.05) is 24.3 Å². The number of hydrogen-bond acceptors (Lipinski definition) is 4. The second kappa shape index (κ2) is 7.12. The number of likely N-dealkylation sites (tertiary alicyclic amines) is 1. The molecule has 1 aliphatic heterocycles. The largest absolute Gasteiger partial charge is 0.347 e. The fourth-order valence-electron chi connectivity index (χ4n) is 4.11. The van der Waals surface area contributed by atoms with E-state index in [2.05, 4.69) is 28.1 Å². The van der Waals surface area contributed by atoms with Crippen molar-refractivity contribution >= 4 is 16.8 Å². The van der Waals surface area contributed by atoms with Crippen molar-refractivity contribution in [2.45, 2.75) is 24.9 Å². The molecule has 0 bridgehead atoms. The van der Waals surface area contributed by atoms with E-state index < -0.39 is 5.54 Å². The second-order valence-corrected chi connectivity index (χ2v) is 7.51. The summed E-state index contributed by atoms with van der Waals surface area (Å²) in [5.41, 5.74) is 1.44. The quantitative estimate of drug-likeness (QED) is 0.715. The van der Waals surface area contributed by atoms with Crippen molar-refractivity contribution in [1.29, 1.82) is 0 Å². The van der Waals surface area contributed by atoms with Crippen molar-refractivity contribution in [2.75, 3.05) is 27.2 Å². The van der Waals surface area contributed by atoms with Crippen LogP contribution in [-0.4, -0.2) is 57.4 Å². The molecule has 1 fully saturated rings. The lowest BCUT2D eigenvalue weighted by atomic mass is 9.87. The summed E-state index contributed by atoms with van der Waals surface area (Å²) < 4.78 is 1.98. The SMILES string of the molecule is CN(C)C(=O)C1(n2ccnc2)CCCN(Cc2ccc3ccccc3n2)C1. The number of hydrogen-bond donors (Lipinski definition) is 0. The van der Waals surface area contributed by atoms with Crippen LogP contribution < -0.4 is 0 Å². The molecule has 1 aromatic carbocycles. The number of pyridine rings is 1. The molecule has 0 saturated carbocycles. The van der Waals surface area contributed by atoms with E-state index in [-0.39, 0.29) is 5.91 Å². The number of aromatic nitrogens is 3. The van der Waals surface area contributed by atoms with Crippen molar-refractivity contribution in [2.24, 2.45) is 0 Å². The molecule has 1 saturated heterocycles. The molecule has 3 aromatic rings. The zero-order valence-corrected chi connectivity index (χ0v) is 15.9. The third-order valence-corrected chi connectivity index (χ3v) is 5.39. The van der Waals surface area contributed by atoms with E-state index >= 15 is 0 Å². The van der Waals surface area contributed by atoms with Crippen molar-refractivity contribution in [3.8, 4) is 0 Å². The zero-order valence-electron chi connectivity index (χ0n) is 15.9. The highest BCUT2D eigenvalue weighted by molar-refractivity contribution is 5.84. The van der Waals surface area contributed by atoms with Crippen LogP contribution in [-0.2, 0) is 16.9 Å². The smallest absolute Gasteiger partial charge is 0.249 e. The Labute approximate surface area is 159 Å². The van der Waals surface area contributed by atoms with Crippen molar-refractivity contribution in [1.82, 2.24) is 24.3 Å². The lowest BCUT2D eigenvalue weighted by Gasteiger charge is -2.43. The molecule has 140 valence electrons. The molecule has 4 rings (SSSR count). The maximum absolute atomic E-state index is 13.1. The fraction of sp³-hybridized carbons (Fsp3) is 0.381. The summed E-state index contributed by atoms with van der Waals surface area (Å²) in [5.74, 6) is 0.122. The molecule has 0 spiro atoms. The molecule has 1 atom stereocenters. The predicted molar refractivity (Wildman–Crippen MR) is 105 cm³/mol. The van der Waals surface area contributed by atoms with Gasteiger partial charge in [0.1, 0.15) is 5.54 Å². The Balaban J connectivity index is 1.61. The number of benzene rings is 1. The second-order valence-electron chi connectivity index (χ2n) is 7.51. The Bertz CT molecular complexity index is 937. The normalized spacial score (nSPS) is 20.7. The van der Waals surface area contributed by atoms with Gasteiger partial charge in [0, 0.05) is 45.0 Å². The fourth-order valence-corrected chi connectivity index (χ4v) is 4.11. The van der Waals surface area contributed by atoms with Crippen LogP contribution in [0.25, 0.3) is 10.9 Å². The number of carbonyl (C=O) groups excluding carboxylic acids is 1. The Morgan fingerprint density at radius 1 is 1.22 bits per heavy atom. The third-order valence-electron chi connectivity index (χ3n) is 5.39. The third kappa shape index (κ3) is 3.32. The molecule has 27 heavy (non-hydrogen) atoms. The van der Waals surface area contributed by atoms with Crippen LogP contribution in [0.15, 0.2) is 55.1 Å². The molecule has 1 unspecified atom stereocenters. The first-order valence-electron chi connectivity index (χ1n) is 9.36. The number of amides is 1. The summed E-state index contributed by atoms with van der Waals surface area (Å²) in [6.07, 6.45) is 7.19. The van der Waals surface area contributed by atoms with Gasteiger partial charge in [-0.2, -0.15) is 0 Å². The topological polar surface area (TPSA) is 54.3 Å². The van der Waals surface area contributed by atoms with Gasteiger partial charge in [0.25, 0.3) is 0 Å². The Kier molecular flexibility index (Phi) is 4.66. The summed E-state index contributed by atoms with van der Waals surface area (Å²) >= 11 is 0. The molecule has 6 heteroatoms. The summed E-state index contributed by atoms with van der Waals surface area (Å²) in [6, 6.07) is 12.4.